The van der Waals surface area contributed by atoms with E-state index in [1.54, 1.807) is 0 Å². The van der Waals surface area contributed by atoms with Gasteiger partial charge in [-0.1, -0.05) is 141 Å². The number of rotatable bonds is 5. The summed E-state index contributed by atoms with van der Waals surface area (Å²) in [5.74, 6) is 0. The second-order valence-corrected chi connectivity index (χ2v) is 14.2. The molecule has 0 bridgehead atoms. The second kappa shape index (κ2) is 11.3. The Morgan fingerprint density at radius 1 is 0.412 bits per heavy atom. The highest BCUT2D eigenvalue weighted by Crippen LogP contribution is 2.52. The molecule has 1 aliphatic carbocycles. The van der Waals surface area contributed by atoms with E-state index in [1.165, 1.54) is 44.2 Å². The lowest BCUT2D eigenvalue weighted by atomic mass is 9.81. The van der Waals surface area contributed by atoms with E-state index in [-0.39, 0.29) is 5.41 Å². The molecule has 0 atom stereocenters. The molecule has 8 aromatic carbocycles. The standard InChI is InChI=1S/C49H35NO/c1-49(2)45-30-36(32-11-4-3-5-12-32)22-27-41(45)42-28-26-39(31-46(42)49)50(38-25-19-33-13-6-7-14-35(33)29-38)37-23-20-34(21-24-37)40-16-10-17-44-43-15-8-9-18-47(43)51-48(40)44/h3-31H,1-2H3. The summed E-state index contributed by atoms with van der Waals surface area (Å²) in [6, 6.07) is 63.7. The molecule has 0 amide bonds. The Kier molecular flexibility index (Phi) is 6.56. The molecule has 0 saturated carbocycles. The molecule has 1 aromatic heterocycles. The lowest BCUT2D eigenvalue weighted by Crippen LogP contribution is -2.16. The first-order valence-electron chi connectivity index (χ1n) is 17.7. The first kappa shape index (κ1) is 29.5. The van der Waals surface area contributed by atoms with E-state index in [1.807, 2.05) is 12.1 Å². The maximum atomic E-state index is 6.41. The molecule has 9 aromatic rings. The molecule has 51 heavy (non-hydrogen) atoms. The lowest BCUT2D eigenvalue weighted by molar-refractivity contribution is 0.660. The largest absolute Gasteiger partial charge is 0.455 e. The van der Waals surface area contributed by atoms with Crippen molar-refractivity contribution in [1.29, 1.82) is 0 Å². The third kappa shape index (κ3) is 4.71. The smallest absolute Gasteiger partial charge is 0.143 e. The van der Waals surface area contributed by atoms with Crippen LogP contribution in [0.5, 0.6) is 0 Å². The van der Waals surface area contributed by atoms with Crippen LogP contribution in [0.3, 0.4) is 0 Å². The molecule has 242 valence electrons. The molecule has 0 fully saturated rings. The minimum Gasteiger partial charge on any atom is -0.455 e. The highest BCUT2D eigenvalue weighted by atomic mass is 16.3. The monoisotopic (exact) mass is 653 g/mol. The van der Waals surface area contributed by atoms with Gasteiger partial charge in [0.2, 0.25) is 0 Å². The van der Waals surface area contributed by atoms with Crippen LogP contribution in [0.15, 0.2) is 180 Å². The normalized spacial score (nSPS) is 13.1. The zero-order valence-corrected chi connectivity index (χ0v) is 28.6. The van der Waals surface area contributed by atoms with Gasteiger partial charge in [-0.05, 0) is 98.2 Å². The van der Waals surface area contributed by atoms with E-state index in [9.17, 15) is 0 Å². The van der Waals surface area contributed by atoms with Crippen LogP contribution in [0.1, 0.15) is 25.0 Å². The third-order valence-corrected chi connectivity index (χ3v) is 10.9. The lowest BCUT2D eigenvalue weighted by Gasteiger charge is -2.28. The van der Waals surface area contributed by atoms with Crippen LogP contribution in [0, 0.1) is 0 Å². The van der Waals surface area contributed by atoms with Crippen molar-refractivity contribution in [2.45, 2.75) is 19.3 Å². The fourth-order valence-electron chi connectivity index (χ4n) is 8.20. The minimum atomic E-state index is -0.157. The van der Waals surface area contributed by atoms with Gasteiger partial charge in [0.05, 0.1) is 0 Å². The number of hydrogen-bond donors (Lipinski definition) is 0. The molecular formula is C49H35NO. The molecule has 0 aliphatic heterocycles. The van der Waals surface area contributed by atoms with E-state index in [0.29, 0.717) is 0 Å². The van der Waals surface area contributed by atoms with Crippen LogP contribution in [0.4, 0.5) is 17.1 Å². The average molecular weight is 654 g/mol. The van der Waals surface area contributed by atoms with E-state index >= 15 is 0 Å². The Hall–Kier alpha value is -6.38. The zero-order valence-electron chi connectivity index (χ0n) is 28.6. The Bertz CT molecular complexity index is 2770. The molecule has 0 unspecified atom stereocenters. The van der Waals surface area contributed by atoms with Gasteiger partial charge in [0, 0.05) is 38.8 Å². The second-order valence-electron chi connectivity index (χ2n) is 14.2. The molecular weight excluding hydrogens is 619 g/mol. The number of para-hydroxylation sites is 2. The fraction of sp³-hybridized carbons (Fsp3) is 0.0612. The third-order valence-electron chi connectivity index (χ3n) is 10.9. The molecule has 0 N–H and O–H groups in total. The van der Waals surface area contributed by atoms with Crippen LogP contribution in [0.25, 0.3) is 66.1 Å². The van der Waals surface area contributed by atoms with E-state index < -0.39 is 0 Å². The first-order valence-corrected chi connectivity index (χ1v) is 17.7. The highest BCUT2D eigenvalue weighted by Gasteiger charge is 2.36. The predicted molar refractivity (Wildman–Crippen MR) is 214 cm³/mol. The van der Waals surface area contributed by atoms with Crippen molar-refractivity contribution < 1.29 is 4.42 Å². The molecule has 2 heteroatoms. The van der Waals surface area contributed by atoms with E-state index in [2.05, 4.69) is 183 Å². The van der Waals surface area contributed by atoms with Gasteiger partial charge in [-0.15, -0.1) is 0 Å². The van der Waals surface area contributed by atoms with Gasteiger partial charge in [0.1, 0.15) is 11.2 Å². The van der Waals surface area contributed by atoms with Crippen molar-refractivity contribution in [1.82, 2.24) is 0 Å². The van der Waals surface area contributed by atoms with Gasteiger partial charge >= 0.3 is 0 Å². The number of nitrogens with zero attached hydrogens (tertiary/aromatic N) is 1. The Balaban J connectivity index is 1.09. The summed E-state index contributed by atoms with van der Waals surface area (Å²) in [7, 11) is 0. The highest BCUT2D eigenvalue weighted by molar-refractivity contribution is 6.09. The van der Waals surface area contributed by atoms with Crippen LogP contribution < -0.4 is 4.90 Å². The van der Waals surface area contributed by atoms with Gasteiger partial charge in [-0.2, -0.15) is 0 Å². The van der Waals surface area contributed by atoms with Crippen molar-refractivity contribution in [2.24, 2.45) is 0 Å². The number of hydrogen-bond acceptors (Lipinski definition) is 2. The maximum Gasteiger partial charge on any atom is 0.143 e. The van der Waals surface area contributed by atoms with Gasteiger partial charge in [0.15, 0.2) is 0 Å². The Morgan fingerprint density at radius 2 is 1.04 bits per heavy atom. The van der Waals surface area contributed by atoms with E-state index in [0.717, 1.165) is 50.1 Å². The molecule has 1 aliphatic rings. The van der Waals surface area contributed by atoms with Crippen LogP contribution >= 0.6 is 0 Å². The molecule has 0 spiro atoms. The number of furan rings is 1. The van der Waals surface area contributed by atoms with Crippen molar-refractivity contribution in [2.75, 3.05) is 4.90 Å². The topological polar surface area (TPSA) is 16.4 Å². The van der Waals surface area contributed by atoms with Crippen molar-refractivity contribution in [3.05, 3.63) is 187 Å². The van der Waals surface area contributed by atoms with Gasteiger partial charge in [-0.3, -0.25) is 0 Å². The van der Waals surface area contributed by atoms with E-state index in [4.69, 9.17) is 4.42 Å². The maximum absolute atomic E-state index is 6.41. The molecule has 10 rings (SSSR count). The quantitative estimate of drug-likeness (QED) is 0.184. The number of fused-ring (bicyclic) bond motifs is 7. The minimum absolute atomic E-state index is 0.157. The van der Waals surface area contributed by atoms with Crippen LogP contribution in [-0.4, -0.2) is 0 Å². The summed E-state index contributed by atoms with van der Waals surface area (Å²) in [6.45, 7) is 4.73. The average Bonchev–Trinajstić information content (AvgIpc) is 3.67. The predicted octanol–water partition coefficient (Wildman–Crippen LogP) is 13.8. The summed E-state index contributed by atoms with van der Waals surface area (Å²) in [6.07, 6.45) is 0. The first-order chi connectivity index (χ1) is 25.0. The van der Waals surface area contributed by atoms with Gasteiger partial charge in [0.25, 0.3) is 0 Å². The zero-order chi connectivity index (χ0) is 34.1. The summed E-state index contributed by atoms with van der Waals surface area (Å²) < 4.78 is 6.41. The van der Waals surface area contributed by atoms with Crippen LogP contribution in [-0.2, 0) is 5.41 Å². The summed E-state index contributed by atoms with van der Waals surface area (Å²) in [5.41, 5.74) is 15.1. The number of anilines is 3. The molecule has 0 saturated heterocycles. The molecule has 0 radical (unpaired) electrons. The molecule has 2 nitrogen and oxygen atoms in total. The summed E-state index contributed by atoms with van der Waals surface area (Å²) in [5, 5.41) is 4.74. The van der Waals surface area contributed by atoms with Crippen molar-refractivity contribution >= 4 is 49.8 Å². The summed E-state index contributed by atoms with van der Waals surface area (Å²) >= 11 is 0. The van der Waals surface area contributed by atoms with Crippen molar-refractivity contribution in [3.8, 4) is 33.4 Å². The SMILES string of the molecule is CC1(C)c2cc(-c3ccccc3)ccc2-c2ccc(N(c3ccc(-c4cccc5c4oc4ccccc45)cc3)c3ccc4ccccc4c3)cc21. The van der Waals surface area contributed by atoms with Crippen molar-refractivity contribution in [3.63, 3.8) is 0 Å². The fourth-order valence-corrected chi connectivity index (χ4v) is 8.20. The van der Waals surface area contributed by atoms with Gasteiger partial charge in [-0.25, -0.2) is 0 Å². The molecule has 1 heterocycles. The summed E-state index contributed by atoms with van der Waals surface area (Å²) in [4.78, 5) is 2.40. The number of benzene rings is 8. The Labute approximate surface area is 297 Å². The Morgan fingerprint density at radius 3 is 1.88 bits per heavy atom. The van der Waals surface area contributed by atoms with Crippen LogP contribution in [0.2, 0.25) is 0 Å². The van der Waals surface area contributed by atoms with Gasteiger partial charge < -0.3 is 9.32 Å².